The summed E-state index contributed by atoms with van der Waals surface area (Å²) in [6.07, 6.45) is 2.80. The molecule has 1 heterocycles. The Morgan fingerprint density at radius 1 is 1.41 bits per heavy atom. The molecule has 4 heteroatoms. The lowest BCUT2D eigenvalue weighted by Crippen LogP contribution is -2.49. The van der Waals surface area contributed by atoms with Gasteiger partial charge in [-0.15, -0.1) is 12.4 Å². The molecular weight excluding hydrogens is 236 g/mol. The first-order valence-corrected chi connectivity index (χ1v) is 6.33. The molecule has 1 fully saturated rings. The highest BCUT2D eigenvalue weighted by Gasteiger charge is 2.30. The van der Waals surface area contributed by atoms with Crippen LogP contribution in [0.3, 0.4) is 0 Å². The molecule has 102 valence electrons. The highest BCUT2D eigenvalue weighted by molar-refractivity contribution is 5.85. The number of hydrogen-bond donors (Lipinski definition) is 1. The third-order valence-corrected chi connectivity index (χ3v) is 3.25. The molecule has 0 aromatic carbocycles. The van der Waals surface area contributed by atoms with Gasteiger partial charge in [-0.3, -0.25) is 4.79 Å². The van der Waals surface area contributed by atoms with Gasteiger partial charge in [0.15, 0.2) is 0 Å². The van der Waals surface area contributed by atoms with Crippen molar-refractivity contribution in [3.8, 4) is 0 Å². The van der Waals surface area contributed by atoms with Crippen molar-refractivity contribution in [1.82, 2.24) is 4.90 Å². The summed E-state index contributed by atoms with van der Waals surface area (Å²) in [5, 5.41) is 0. The van der Waals surface area contributed by atoms with Crippen LogP contribution in [-0.2, 0) is 4.79 Å². The fourth-order valence-electron chi connectivity index (χ4n) is 2.36. The van der Waals surface area contributed by atoms with Crippen molar-refractivity contribution in [2.75, 3.05) is 13.1 Å². The molecule has 1 aliphatic heterocycles. The fraction of sp³-hybridized carbons (Fsp3) is 0.923. The van der Waals surface area contributed by atoms with Crippen LogP contribution in [0.5, 0.6) is 0 Å². The molecule has 2 N–H and O–H groups in total. The van der Waals surface area contributed by atoms with Crippen molar-refractivity contribution in [1.29, 1.82) is 0 Å². The van der Waals surface area contributed by atoms with Crippen LogP contribution in [0, 0.1) is 11.3 Å². The van der Waals surface area contributed by atoms with E-state index in [-0.39, 0.29) is 29.8 Å². The van der Waals surface area contributed by atoms with Crippen LogP contribution < -0.4 is 5.73 Å². The highest BCUT2D eigenvalue weighted by Crippen LogP contribution is 2.26. The number of amides is 1. The number of carbonyl (C=O) groups is 1. The number of nitrogens with zero attached hydrogens (tertiary/aromatic N) is 1. The zero-order chi connectivity index (χ0) is 12.3. The van der Waals surface area contributed by atoms with E-state index in [0.29, 0.717) is 18.9 Å². The monoisotopic (exact) mass is 262 g/mol. The minimum atomic E-state index is 0. The molecule has 1 aliphatic rings. The Kier molecular flexibility index (Phi) is 6.49. The third kappa shape index (κ3) is 5.26. The molecule has 2 atom stereocenters. The first kappa shape index (κ1) is 16.7. The van der Waals surface area contributed by atoms with E-state index in [1.165, 1.54) is 0 Å². The average molecular weight is 263 g/mol. The van der Waals surface area contributed by atoms with Gasteiger partial charge in [0.25, 0.3) is 0 Å². The molecule has 0 aromatic heterocycles. The summed E-state index contributed by atoms with van der Waals surface area (Å²) in [5.41, 5.74) is 5.83. The molecule has 1 amide bonds. The highest BCUT2D eigenvalue weighted by atomic mass is 35.5. The van der Waals surface area contributed by atoms with E-state index in [1.54, 1.807) is 0 Å². The number of carbonyl (C=O) groups excluding carboxylic acids is 1. The van der Waals surface area contributed by atoms with E-state index in [2.05, 4.69) is 27.7 Å². The number of likely N-dealkylation sites (tertiary alicyclic amines) is 1. The Balaban J connectivity index is 0.00000256. The lowest BCUT2D eigenvalue weighted by atomic mass is 9.88. The van der Waals surface area contributed by atoms with Gasteiger partial charge in [0.1, 0.15) is 0 Å². The quantitative estimate of drug-likeness (QED) is 0.831. The first-order valence-electron chi connectivity index (χ1n) is 6.33. The molecule has 0 saturated carbocycles. The van der Waals surface area contributed by atoms with Crippen molar-refractivity contribution in [2.24, 2.45) is 17.1 Å². The molecule has 1 rings (SSSR count). The topological polar surface area (TPSA) is 46.3 Å². The smallest absolute Gasteiger partial charge is 0.223 e. The molecule has 2 unspecified atom stereocenters. The van der Waals surface area contributed by atoms with Gasteiger partial charge in [-0.1, -0.05) is 27.7 Å². The first-order chi connectivity index (χ1) is 7.33. The Bertz CT molecular complexity index is 250. The minimum Gasteiger partial charge on any atom is -0.338 e. The molecule has 0 bridgehead atoms. The lowest BCUT2D eigenvalue weighted by molar-refractivity contribution is -0.137. The summed E-state index contributed by atoms with van der Waals surface area (Å²) in [5.74, 6) is 0.974. The summed E-state index contributed by atoms with van der Waals surface area (Å²) in [7, 11) is 0. The van der Waals surface area contributed by atoms with Crippen molar-refractivity contribution in [2.45, 2.75) is 53.0 Å². The number of nitrogens with two attached hydrogens (primary N) is 1. The average Bonchev–Trinajstić information content (AvgIpc) is 2.14. The van der Waals surface area contributed by atoms with Crippen LogP contribution >= 0.6 is 12.4 Å². The van der Waals surface area contributed by atoms with Crippen LogP contribution in [0.4, 0.5) is 0 Å². The maximum absolute atomic E-state index is 12.2. The Morgan fingerprint density at radius 2 is 2.00 bits per heavy atom. The molecule has 0 aliphatic carbocycles. The molecule has 3 nitrogen and oxygen atoms in total. The van der Waals surface area contributed by atoms with Crippen LogP contribution in [-0.4, -0.2) is 29.9 Å². The molecule has 0 radical (unpaired) electrons. The SMILES string of the molecule is CC1CCN(C(=O)CC(C)(C)C)C(CN)C1.Cl. The number of rotatable bonds is 2. The summed E-state index contributed by atoms with van der Waals surface area (Å²) in [4.78, 5) is 14.2. The van der Waals surface area contributed by atoms with Gasteiger partial charge in [0.05, 0.1) is 0 Å². The lowest BCUT2D eigenvalue weighted by Gasteiger charge is -2.39. The van der Waals surface area contributed by atoms with E-state index < -0.39 is 0 Å². The maximum atomic E-state index is 12.2. The van der Waals surface area contributed by atoms with Crippen molar-refractivity contribution in [3.05, 3.63) is 0 Å². The van der Waals surface area contributed by atoms with Crippen LogP contribution in [0.2, 0.25) is 0 Å². The van der Waals surface area contributed by atoms with E-state index >= 15 is 0 Å². The van der Waals surface area contributed by atoms with Crippen LogP contribution in [0.1, 0.15) is 47.0 Å². The van der Waals surface area contributed by atoms with Crippen molar-refractivity contribution in [3.63, 3.8) is 0 Å². The predicted molar refractivity (Wildman–Crippen MR) is 74.3 cm³/mol. The summed E-state index contributed by atoms with van der Waals surface area (Å²) < 4.78 is 0. The van der Waals surface area contributed by atoms with Crippen LogP contribution in [0.25, 0.3) is 0 Å². The fourth-order valence-corrected chi connectivity index (χ4v) is 2.36. The van der Waals surface area contributed by atoms with Gasteiger partial charge in [0, 0.05) is 25.6 Å². The largest absolute Gasteiger partial charge is 0.338 e. The zero-order valence-corrected chi connectivity index (χ0v) is 12.3. The summed E-state index contributed by atoms with van der Waals surface area (Å²) in [6.45, 7) is 10.0. The van der Waals surface area contributed by atoms with E-state index in [1.807, 2.05) is 4.90 Å². The number of piperidine rings is 1. The maximum Gasteiger partial charge on any atom is 0.223 e. The Hall–Kier alpha value is -0.280. The van der Waals surface area contributed by atoms with Crippen molar-refractivity contribution >= 4 is 18.3 Å². The van der Waals surface area contributed by atoms with Gasteiger partial charge in [-0.25, -0.2) is 0 Å². The van der Waals surface area contributed by atoms with Crippen molar-refractivity contribution < 1.29 is 4.79 Å². The zero-order valence-electron chi connectivity index (χ0n) is 11.5. The Labute approximate surface area is 112 Å². The third-order valence-electron chi connectivity index (χ3n) is 3.25. The van der Waals surface area contributed by atoms with Gasteiger partial charge < -0.3 is 10.6 Å². The second kappa shape index (κ2) is 6.60. The number of hydrogen-bond acceptors (Lipinski definition) is 2. The van der Waals surface area contributed by atoms with Gasteiger partial charge in [-0.05, 0) is 24.2 Å². The molecule has 0 aromatic rings. The predicted octanol–water partition coefficient (Wildman–Crippen LogP) is 2.43. The standard InChI is InChI=1S/C13H26N2O.ClH/c1-10-5-6-15(11(7-10)9-14)12(16)8-13(2,3)4;/h10-11H,5-9,14H2,1-4H3;1H. The minimum absolute atomic E-state index is 0. The van der Waals surface area contributed by atoms with Gasteiger partial charge in [-0.2, -0.15) is 0 Å². The second-order valence-electron chi connectivity index (χ2n) is 6.34. The van der Waals surface area contributed by atoms with E-state index in [4.69, 9.17) is 5.73 Å². The summed E-state index contributed by atoms with van der Waals surface area (Å²) in [6, 6.07) is 0.263. The normalized spacial score (nSPS) is 25.4. The van der Waals surface area contributed by atoms with Gasteiger partial charge in [0.2, 0.25) is 5.91 Å². The number of halogens is 1. The van der Waals surface area contributed by atoms with Crippen LogP contribution in [0.15, 0.2) is 0 Å². The summed E-state index contributed by atoms with van der Waals surface area (Å²) >= 11 is 0. The van der Waals surface area contributed by atoms with Gasteiger partial charge >= 0.3 is 0 Å². The Morgan fingerprint density at radius 3 is 2.47 bits per heavy atom. The molecule has 0 spiro atoms. The van der Waals surface area contributed by atoms with E-state index in [9.17, 15) is 4.79 Å². The molecule has 1 saturated heterocycles. The molecular formula is C13H27ClN2O. The second-order valence-corrected chi connectivity index (χ2v) is 6.34. The van der Waals surface area contributed by atoms with E-state index in [0.717, 1.165) is 19.4 Å². The molecule has 17 heavy (non-hydrogen) atoms.